The number of ether oxygens (including phenoxy) is 2. The average Bonchev–Trinajstić information content (AvgIpc) is 2.47. The Labute approximate surface area is 120 Å². The van der Waals surface area contributed by atoms with Crippen molar-refractivity contribution >= 4 is 11.6 Å². The predicted octanol–water partition coefficient (Wildman–Crippen LogP) is 3.39. The number of hydrogen-bond acceptors (Lipinski definition) is 3. The molecule has 0 amide bonds. The van der Waals surface area contributed by atoms with E-state index in [9.17, 15) is 0 Å². The summed E-state index contributed by atoms with van der Waals surface area (Å²) in [6.45, 7) is 4.28. The van der Waals surface area contributed by atoms with Crippen LogP contribution in [0.5, 0.6) is 11.5 Å². The van der Waals surface area contributed by atoms with Gasteiger partial charge in [0.05, 0.1) is 19.2 Å². The molecular formula is C15H22ClNO2. The molecule has 19 heavy (non-hydrogen) atoms. The third-order valence-corrected chi connectivity index (χ3v) is 4.28. The van der Waals surface area contributed by atoms with Crippen LogP contribution >= 0.6 is 11.6 Å². The van der Waals surface area contributed by atoms with Gasteiger partial charge >= 0.3 is 0 Å². The summed E-state index contributed by atoms with van der Waals surface area (Å²) in [6, 6.07) is 2.11. The lowest BCUT2D eigenvalue weighted by atomic mass is 9.86. The first-order valence-electron chi connectivity index (χ1n) is 6.86. The molecule has 0 unspecified atom stereocenters. The molecule has 1 heterocycles. The van der Waals surface area contributed by atoms with Crippen molar-refractivity contribution in [3.05, 3.63) is 22.2 Å². The van der Waals surface area contributed by atoms with E-state index in [0.717, 1.165) is 38.1 Å². The third-order valence-electron chi connectivity index (χ3n) is 3.88. The lowest BCUT2D eigenvalue weighted by Crippen LogP contribution is -2.27. The minimum atomic E-state index is 0.563. The van der Waals surface area contributed by atoms with Gasteiger partial charge in [-0.3, -0.25) is 0 Å². The highest BCUT2D eigenvalue weighted by Crippen LogP contribution is 2.43. The van der Waals surface area contributed by atoms with Gasteiger partial charge in [0.1, 0.15) is 0 Å². The maximum absolute atomic E-state index is 6.50. The van der Waals surface area contributed by atoms with E-state index in [4.69, 9.17) is 21.1 Å². The summed E-state index contributed by atoms with van der Waals surface area (Å²) >= 11 is 6.50. The van der Waals surface area contributed by atoms with Crippen LogP contribution in [0.15, 0.2) is 6.07 Å². The van der Waals surface area contributed by atoms with Crippen molar-refractivity contribution in [2.24, 2.45) is 0 Å². The first-order valence-corrected chi connectivity index (χ1v) is 7.24. The van der Waals surface area contributed by atoms with Crippen LogP contribution in [0.25, 0.3) is 0 Å². The molecule has 1 aromatic rings. The van der Waals surface area contributed by atoms with Crippen molar-refractivity contribution in [3.63, 3.8) is 0 Å². The SMILES string of the molecule is CCc1c(C2CCNCC2)cc(OC)c(OC)c1Cl. The number of hydrogen-bond donors (Lipinski definition) is 1. The Morgan fingerprint density at radius 3 is 2.47 bits per heavy atom. The fourth-order valence-electron chi connectivity index (χ4n) is 2.86. The van der Waals surface area contributed by atoms with Crippen molar-refractivity contribution in [2.75, 3.05) is 27.3 Å². The minimum absolute atomic E-state index is 0.563. The Morgan fingerprint density at radius 1 is 1.26 bits per heavy atom. The topological polar surface area (TPSA) is 30.5 Å². The van der Waals surface area contributed by atoms with Crippen LogP contribution in [0.3, 0.4) is 0 Å². The zero-order valence-electron chi connectivity index (χ0n) is 11.9. The van der Waals surface area contributed by atoms with Crippen LogP contribution < -0.4 is 14.8 Å². The fourth-order valence-corrected chi connectivity index (χ4v) is 3.28. The maximum Gasteiger partial charge on any atom is 0.179 e. The van der Waals surface area contributed by atoms with E-state index in [-0.39, 0.29) is 0 Å². The van der Waals surface area contributed by atoms with E-state index in [1.165, 1.54) is 11.1 Å². The van der Waals surface area contributed by atoms with Gasteiger partial charge in [0, 0.05) is 0 Å². The van der Waals surface area contributed by atoms with Crippen LogP contribution in [-0.4, -0.2) is 27.3 Å². The van der Waals surface area contributed by atoms with Gasteiger partial charge in [-0.25, -0.2) is 0 Å². The van der Waals surface area contributed by atoms with E-state index in [0.29, 0.717) is 16.7 Å². The predicted molar refractivity (Wildman–Crippen MR) is 78.8 cm³/mol. The summed E-state index contributed by atoms with van der Waals surface area (Å²) in [6.07, 6.45) is 3.22. The standard InChI is InChI=1S/C15H22ClNO2/c1-4-11-12(10-5-7-17-8-6-10)9-13(18-2)15(19-3)14(11)16/h9-10,17H,4-8H2,1-3H3. The molecule has 1 aliphatic rings. The second-order valence-corrected chi connectivity index (χ2v) is 5.25. The number of methoxy groups -OCH3 is 2. The highest BCUT2D eigenvalue weighted by molar-refractivity contribution is 6.33. The first-order chi connectivity index (χ1) is 9.22. The Bertz CT molecular complexity index is 442. The molecule has 1 N–H and O–H groups in total. The Hall–Kier alpha value is -0.930. The van der Waals surface area contributed by atoms with Crippen molar-refractivity contribution in [2.45, 2.75) is 32.1 Å². The number of piperidine rings is 1. The second kappa shape index (κ2) is 6.49. The van der Waals surface area contributed by atoms with Gasteiger partial charge in [0.15, 0.2) is 11.5 Å². The largest absolute Gasteiger partial charge is 0.493 e. The molecule has 1 aromatic carbocycles. The van der Waals surface area contributed by atoms with Gasteiger partial charge in [0.25, 0.3) is 0 Å². The molecular weight excluding hydrogens is 262 g/mol. The van der Waals surface area contributed by atoms with Crippen molar-refractivity contribution in [1.82, 2.24) is 5.32 Å². The molecule has 0 atom stereocenters. The number of nitrogens with one attached hydrogen (secondary N) is 1. The van der Waals surface area contributed by atoms with Crippen LogP contribution in [-0.2, 0) is 6.42 Å². The minimum Gasteiger partial charge on any atom is -0.493 e. The van der Waals surface area contributed by atoms with Gasteiger partial charge < -0.3 is 14.8 Å². The third kappa shape index (κ3) is 2.82. The Balaban J connectivity index is 2.49. The van der Waals surface area contributed by atoms with Crippen LogP contribution in [0.2, 0.25) is 5.02 Å². The molecule has 1 fully saturated rings. The maximum atomic E-state index is 6.50. The van der Waals surface area contributed by atoms with Crippen molar-refractivity contribution in [3.8, 4) is 11.5 Å². The van der Waals surface area contributed by atoms with E-state index >= 15 is 0 Å². The number of benzene rings is 1. The lowest BCUT2D eigenvalue weighted by molar-refractivity contribution is 0.353. The van der Waals surface area contributed by atoms with Crippen LogP contribution in [0.1, 0.15) is 36.8 Å². The van der Waals surface area contributed by atoms with E-state index in [2.05, 4.69) is 18.3 Å². The smallest absolute Gasteiger partial charge is 0.179 e. The Morgan fingerprint density at radius 2 is 1.95 bits per heavy atom. The summed E-state index contributed by atoms with van der Waals surface area (Å²) in [5.41, 5.74) is 2.53. The molecule has 0 radical (unpaired) electrons. The molecule has 0 saturated carbocycles. The highest BCUT2D eigenvalue weighted by Gasteiger charge is 2.23. The normalized spacial score (nSPS) is 16.4. The van der Waals surface area contributed by atoms with Gasteiger partial charge in [-0.05, 0) is 55.5 Å². The fraction of sp³-hybridized carbons (Fsp3) is 0.600. The summed E-state index contributed by atoms with van der Waals surface area (Å²) < 4.78 is 10.8. The molecule has 1 aliphatic heterocycles. The van der Waals surface area contributed by atoms with E-state index in [1.807, 2.05) is 0 Å². The van der Waals surface area contributed by atoms with Gasteiger partial charge in [-0.1, -0.05) is 18.5 Å². The molecule has 2 rings (SSSR count). The quantitative estimate of drug-likeness (QED) is 0.919. The first kappa shape index (κ1) is 14.5. The number of rotatable bonds is 4. The lowest BCUT2D eigenvalue weighted by Gasteiger charge is -2.27. The molecule has 3 nitrogen and oxygen atoms in total. The monoisotopic (exact) mass is 283 g/mol. The Kier molecular flexibility index (Phi) is 4.94. The summed E-state index contributed by atoms with van der Waals surface area (Å²) in [5.74, 6) is 1.95. The molecule has 0 aliphatic carbocycles. The molecule has 0 spiro atoms. The van der Waals surface area contributed by atoms with Crippen LogP contribution in [0, 0.1) is 0 Å². The van der Waals surface area contributed by atoms with Crippen LogP contribution in [0.4, 0.5) is 0 Å². The molecule has 4 heteroatoms. The average molecular weight is 284 g/mol. The molecule has 0 aromatic heterocycles. The number of halogens is 1. The van der Waals surface area contributed by atoms with Crippen molar-refractivity contribution in [1.29, 1.82) is 0 Å². The summed E-state index contributed by atoms with van der Waals surface area (Å²) in [7, 11) is 3.29. The second-order valence-electron chi connectivity index (χ2n) is 4.87. The highest BCUT2D eigenvalue weighted by atomic mass is 35.5. The van der Waals surface area contributed by atoms with E-state index in [1.54, 1.807) is 14.2 Å². The van der Waals surface area contributed by atoms with Gasteiger partial charge in [-0.2, -0.15) is 0 Å². The molecule has 106 valence electrons. The summed E-state index contributed by atoms with van der Waals surface area (Å²) in [4.78, 5) is 0. The zero-order valence-corrected chi connectivity index (χ0v) is 12.6. The molecule has 0 bridgehead atoms. The summed E-state index contributed by atoms with van der Waals surface area (Å²) in [5, 5.41) is 4.11. The van der Waals surface area contributed by atoms with Gasteiger partial charge in [-0.15, -0.1) is 0 Å². The molecule has 1 saturated heterocycles. The van der Waals surface area contributed by atoms with E-state index < -0.39 is 0 Å². The van der Waals surface area contributed by atoms with Gasteiger partial charge in [0.2, 0.25) is 0 Å². The zero-order chi connectivity index (χ0) is 13.8. The van der Waals surface area contributed by atoms with Crippen molar-refractivity contribution < 1.29 is 9.47 Å².